The normalized spacial score (nSPS) is 17.6. The third kappa shape index (κ3) is 4.25. The first kappa shape index (κ1) is 19.4. The van der Waals surface area contributed by atoms with Crippen molar-refractivity contribution in [1.82, 2.24) is 34.3 Å². The third-order valence-electron chi connectivity index (χ3n) is 5.72. The predicted octanol–water partition coefficient (Wildman–Crippen LogP) is -0.0743. The summed E-state index contributed by atoms with van der Waals surface area (Å²) in [5, 5.41) is 11.4. The van der Waals surface area contributed by atoms with E-state index in [1.165, 1.54) is 10.9 Å². The van der Waals surface area contributed by atoms with E-state index in [4.69, 9.17) is 0 Å². The molecule has 2 aliphatic rings. The van der Waals surface area contributed by atoms with Crippen LogP contribution >= 0.6 is 0 Å². The van der Waals surface area contributed by atoms with E-state index in [1.54, 1.807) is 27.4 Å². The summed E-state index contributed by atoms with van der Waals surface area (Å²) in [6, 6.07) is 0.0261. The number of carbonyl (C=O) groups is 2. The molecule has 29 heavy (non-hydrogen) atoms. The number of rotatable bonds is 4. The first-order valence-electron chi connectivity index (χ1n) is 10.2. The molecule has 1 fully saturated rings. The van der Waals surface area contributed by atoms with E-state index < -0.39 is 0 Å². The van der Waals surface area contributed by atoms with Crippen LogP contribution in [0.3, 0.4) is 0 Å². The molecule has 0 bridgehead atoms. The fourth-order valence-corrected chi connectivity index (χ4v) is 4.04. The highest BCUT2D eigenvalue weighted by molar-refractivity contribution is 5.93. The van der Waals surface area contributed by atoms with Gasteiger partial charge < -0.3 is 10.2 Å². The number of carbonyl (C=O) groups excluding carboxylic acids is 2. The number of piperidine rings is 1. The summed E-state index contributed by atoms with van der Waals surface area (Å²) in [7, 11) is 1.77. The molecule has 0 atom stereocenters. The monoisotopic (exact) mass is 401 g/mol. The minimum Gasteiger partial charge on any atom is -0.349 e. The molecule has 0 saturated carbocycles. The number of likely N-dealkylation sites (tertiary alicyclic amines) is 1. The van der Waals surface area contributed by atoms with Crippen molar-refractivity contribution in [2.45, 2.75) is 57.7 Å². The molecule has 10 heteroatoms. The minimum atomic E-state index is -0.186. The van der Waals surface area contributed by atoms with E-state index in [2.05, 4.69) is 15.5 Å². The van der Waals surface area contributed by atoms with E-state index in [-0.39, 0.29) is 30.1 Å². The van der Waals surface area contributed by atoms with Gasteiger partial charge in [-0.15, -0.1) is 0 Å². The summed E-state index contributed by atoms with van der Waals surface area (Å²) in [5.74, 6) is 0.545. The number of amides is 2. The Morgan fingerprint density at radius 2 is 1.97 bits per heavy atom. The van der Waals surface area contributed by atoms with E-state index in [0.717, 1.165) is 31.5 Å². The molecule has 2 amide bonds. The lowest BCUT2D eigenvalue weighted by Gasteiger charge is -2.32. The summed E-state index contributed by atoms with van der Waals surface area (Å²) in [6.07, 6.45) is 8.49. The Balaban J connectivity index is 1.30. The molecule has 156 valence electrons. The predicted molar refractivity (Wildman–Crippen MR) is 104 cm³/mol. The highest BCUT2D eigenvalue weighted by Crippen LogP contribution is 2.13. The van der Waals surface area contributed by atoms with Gasteiger partial charge in [0, 0.05) is 45.3 Å². The lowest BCUT2D eigenvalue weighted by Crippen LogP contribution is -2.47. The standard InChI is InChI=1S/C19H27N7O3/c1-23-12-14(11-20-23)18(28)21-15-6-9-24(10-7-15)17(27)13-26-19(29)25-8-4-2-3-5-16(25)22-26/h11-12,15H,2-10,13H2,1H3,(H,21,28). The number of aromatic nitrogens is 5. The summed E-state index contributed by atoms with van der Waals surface area (Å²) in [4.78, 5) is 39.2. The Morgan fingerprint density at radius 1 is 1.17 bits per heavy atom. The van der Waals surface area contributed by atoms with Gasteiger partial charge in [0.15, 0.2) is 0 Å². The van der Waals surface area contributed by atoms with Crippen LogP contribution in [0.4, 0.5) is 0 Å². The van der Waals surface area contributed by atoms with Gasteiger partial charge in [0.2, 0.25) is 5.91 Å². The summed E-state index contributed by atoms with van der Waals surface area (Å²) < 4.78 is 4.60. The second kappa shape index (κ2) is 8.22. The van der Waals surface area contributed by atoms with Gasteiger partial charge in [0.05, 0.1) is 11.8 Å². The lowest BCUT2D eigenvalue weighted by atomic mass is 10.0. The molecule has 0 radical (unpaired) electrons. The van der Waals surface area contributed by atoms with E-state index >= 15 is 0 Å². The molecule has 4 rings (SSSR count). The quantitative estimate of drug-likeness (QED) is 0.772. The summed E-state index contributed by atoms with van der Waals surface area (Å²) in [6.45, 7) is 1.77. The Bertz CT molecular complexity index is 949. The fraction of sp³-hybridized carbons (Fsp3) is 0.632. The molecule has 0 aromatic carbocycles. The smallest absolute Gasteiger partial charge is 0.346 e. The van der Waals surface area contributed by atoms with Gasteiger partial charge in [-0.2, -0.15) is 10.2 Å². The first-order chi connectivity index (χ1) is 14.0. The maximum atomic E-state index is 12.7. The molecule has 0 aliphatic carbocycles. The van der Waals surface area contributed by atoms with Gasteiger partial charge in [0.1, 0.15) is 12.4 Å². The Morgan fingerprint density at radius 3 is 2.69 bits per heavy atom. The molecule has 0 unspecified atom stereocenters. The van der Waals surface area contributed by atoms with Gasteiger partial charge in [-0.3, -0.25) is 18.8 Å². The number of aryl methyl sites for hydroxylation is 2. The lowest BCUT2D eigenvalue weighted by molar-refractivity contribution is -0.133. The van der Waals surface area contributed by atoms with Crippen LogP contribution in [-0.4, -0.2) is 60.0 Å². The maximum absolute atomic E-state index is 12.7. The molecule has 4 heterocycles. The average molecular weight is 401 g/mol. The number of nitrogens with zero attached hydrogens (tertiary/aromatic N) is 6. The topological polar surface area (TPSA) is 107 Å². The minimum absolute atomic E-state index is 0.0223. The van der Waals surface area contributed by atoms with Crippen LogP contribution in [0.25, 0.3) is 0 Å². The molecular formula is C19H27N7O3. The van der Waals surface area contributed by atoms with Gasteiger partial charge in [-0.05, 0) is 25.7 Å². The SMILES string of the molecule is Cn1cc(C(=O)NC2CCN(C(=O)Cn3nc4n(c3=O)CCCCC4)CC2)cn1. The van der Waals surface area contributed by atoms with Crippen molar-refractivity contribution in [1.29, 1.82) is 0 Å². The Kier molecular flexibility index (Phi) is 5.50. The van der Waals surface area contributed by atoms with Crippen molar-refractivity contribution in [3.8, 4) is 0 Å². The van der Waals surface area contributed by atoms with Crippen molar-refractivity contribution >= 4 is 11.8 Å². The third-order valence-corrected chi connectivity index (χ3v) is 5.72. The van der Waals surface area contributed by atoms with Crippen LogP contribution in [0.5, 0.6) is 0 Å². The largest absolute Gasteiger partial charge is 0.349 e. The van der Waals surface area contributed by atoms with E-state index in [0.29, 0.717) is 38.0 Å². The Labute approximate surface area is 168 Å². The van der Waals surface area contributed by atoms with Crippen molar-refractivity contribution in [3.63, 3.8) is 0 Å². The van der Waals surface area contributed by atoms with Crippen molar-refractivity contribution < 1.29 is 9.59 Å². The van der Waals surface area contributed by atoms with Gasteiger partial charge in [-0.1, -0.05) is 6.42 Å². The molecular weight excluding hydrogens is 374 g/mol. The van der Waals surface area contributed by atoms with Crippen LogP contribution in [0.1, 0.15) is 48.3 Å². The van der Waals surface area contributed by atoms with Crippen LogP contribution in [0, 0.1) is 0 Å². The number of hydrogen-bond donors (Lipinski definition) is 1. The maximum Gasteiger partial charge on any atom is 0.346 e. The van der Waals surface area contributed by atoms with Crippen LogP contribution < -0.4 is 11.0 Å². The van der Waals surface area contributed by atoms with Gasteiger partial charge in [0.25, 0.3) is 5.91 Å². The van der Waals surface area contributed by atoms with Crippen molar-refractivity contribution in [2.24, 2.45) is 7.05 Å². The zero-order valence-electron chi connectivity index (χ0n) is 16.7. The van der Waals surface area contributed by atoms with Crippen LogP contribution in [-0.2, 0) is 31.4 Å². The number of fused-ring (bicyclic) bond motifs is 1. The molecule has 2 aromatic heterocycles. The summed E-state index contributed by atoms with van der Waals surface area (Å²) >= 11 is 0. The van der Waals surface area contributed by atoms with Crippen LogP contribution in [0.15, 0.2) is 17.2 Å². The zero-order valence-corrected chi connectivity index (χ0v) is 16.7. The average Bonchev–Trinajstić information content (AvgIpc) is 3.17. The number of nitrogens with one attached hydrogen (secondary N) is 1. The fourth-order valence-electron chi connectivity index (χ4n) is 4.04. The van der Waals surface area contributed by atoms with E-state index in [1.807, 2.05) is 0 Å². The second-order valence-electron chi connectivity index (χ2n) is 7.85. The molecule has 2 aromatic rings. The van der Waals surface area contributed by atoms with Crippen LogP contribution in [0.2, 0.25) is 0 Å². The van der Waals surface area contributed by atoms with Crippen molar-refractivity contribution in [2.75, 3.05) is 13.1 Å². The van der Waals surface area contributed by atoms with Gasteiger partial charge >= 0.3 is 5.69 Å². The highest BCUT2D eigenvalue weighted by Gasteiger charge is 2.26. The zero-order chi connectivity index (χ0) is 20.4. The van der Waals surface area contributed by atoms with E-state index in [9.17, 15) is 14.4 Å². The van der Waals surface area contributed by atoms with Crippen molar-refractivity contribution in [3.05, 3.63) is 34.3 Å². The molecule has 0 spiro atoms. The highest BCUT2D eigenvalue weighted by atomic mass is 16.2. The second-order valence-corrected chi connectivity index (χ2v) is 7.85. The summed E-state index contributed by atoms with van der Waals surface area (Å²) in [5.41, 5.74) is 0.346. The Hall–Kier alpha value is -2.91. The molecule has 2 aliphatic heterocycles. The van der Waals surface area contributed by atoms with Gasteiger partial charge in [-0.25, -0.2) is 9.48 Å². The number of hydrogen-bond acceptors (Lipinski definition) is 5. The first-order valence-corrected chi connectivity index (χ1v) is 10.2. The molecule has 10 nitrogen and oxygen atoms in total. The molecule has 1 N–H and O–H groups in total. The molecule has 1 saturated heterocycles.